The number of hydrogen-bond acceptors (Lipinski definition) is 0. The van der Waals surface area contributed by atoms with E-state index in [1.165, 1.54) is 33.4 Å². The van der Waals surface area contributed by atoms with E-state index in [0.29, 0.717) is 0 Å². The third-order valence-electron chi connectivity index (χ3n) is 11.2. The van der Waals surface area contributed by atoms with Crippen molar-refractivity contribution in [3.05, 3.63) is 215 Å². The summed E-state index contributed by atoms with van der Waals surface area (Å²) in [6.45, 7) is 22.7. The molecule has 0 bridgehead atoms. The van der Waals surface area contributed by atoms with Gasteiger partial charge >= 0.3 is 321 Å². The molecule has 1 heteroatoms. The molecule has 6 aromatic carbocycles. The van der Waals surface area contributed by atoms with E-state index in [9.17, 15) is 0 Å². The van der Waals surface area contributed by atoms with Crippen LogP contribution in [-0.2, 0) is 27.0 Å². The van der Waals surface area contributed by atoms with Crippen LogP contribution in [-0.4, -0.2) is 0 Å². The van der Waals surface area contributed by atoms with Crippen LogP contribution in [0.5, 0.6) is 0 Å². The Bertz CT molecular complexity index is 1640. The molecule has 267 valence electrons. The fourth-order valence-electron chi connectivity index (χ4n) is 9.45. The average molecular weight is 722 g/mol. The van der Waals surface area contributed by atoms with Gasteiger partial charge < -0.3 is 0 Å². The maximum atomic E-state index is 2.52. The maximum absolute atomic E-state index is 2.52. The Kier molecular flexibility index (Phi) is 10.4. The van der Waals surface area contributed by atoms with Crippen molar-refractivity contribution in [3.63, 3.8) is 0 Å². The topological polar surface area (TPSA) is 0 Å². The van der Waals surface area contributed by atoms with E-state index in [1.54, 1.807) is 0 Å². The molecular formula is C51H57Cr. The van der Waals surface area contributed by atoms with Crippen molar-refractivity contribution < 1.29 is 14.1 Å². The third kappa shape index (κ3) is 5.92. The molecule has 0 fully saturated rings. The Morgan fingerprint density at radius 1 is 0.231 bits per heavy atom. The van der Waals surface area contributed by atoms with Gasteiger partial charge in [0.1, 0.15) is 0 Å². The minimum atomic E-state index is -2.46. The molecule has 0 aliphatic heterocycles. The van der Waals surface area contributed by atoms with Crippen molar-refractivity contribution in [3.8, 4) is 0 Å². The van der Waals surface area contributed by atoms with E-state index in [1.807, 2.05) is 0 Å². The summed E-state index contributed by atoms with van der Waals surface area (Å²) in [5.74, 6) is 0. The summed E-state index contributed by atoms with van der Waals surface area (Å²) in [4.78, 5) is 0. The predicted molar refractivity (Wildman–Crippen MR) is 219 cm³/mol. The Hall–Kier alpha value is -4.15. The van der Waals surface area contributed by atoms with E-state index < -0.39 is 27.0 Å². The summed E-state index contributed by atoms with van der Waals surface area (Å²) in [6.07, 6.45) is 0. The SMILES string of the molecule is CC(C)(C)[C](c1ccccc1)(c1ccccc1)[Cr]([C](c1ccccc1)(c1ccccc1)C(C)(C)C)[C](c1ccccc1)(c1ccccc1)C(C)(C)C. The van der Waals surface area contributed by atoms with Crippen molar-refractivity contribution in [2.45, 2.75) is 75.1 Å². The summed E-state index contributed by atoms with van der Waals surface area (Å²) in [7, 11) is 0. The molecule has 0 amide bonds. The van der Waals surface area contributed by atoms with Gasteiger partial charge in [-0.25, -0.2) is 0 Å². The van der Waals surface area contributed by atoms with Crippen LogP contribution >= 0.6 is 0 Å². The molecule has 0 aliphatic carbocycles. The third-order valence-corrected chi connectivity index (χ3v) is 19.1. The summed E-state index contributed by atoms with van der Waals surface area (Å²) >= 11 is -2.46. The van der Waals surface area contributed by atoms with E-state index in [2.05, 4.69) is 244 Å². The first-order valence-electron chi connectivity index (χ1n) is 18.8. The summed E-state index contributed by atoms with van der Waals surface area (Å²) < 4.78 is -1.31. The van der Waals surface area contributed by atoms with Gasteiger partial charge in [0, 0.05) is 0 Å². The second kappa shape index (κ2) is 14.3. The summed E-state index contributed by atoms with van der Waals surface area (Å²) in [6, 6.07) is 69.8. The van der Waals surface area contributed by atoms with Crippen LogP contribution in [0.1, 0.15) is 95.7 Å². The molecule has 0 aromatic heterocycles. The van der Waals surface area contributed by atoms with Gasteiger partial charge in [0.25, 0.3) is 0 Å². The van der Waals surface area contributed by atoms with Gasteiger partial charge in [0.2, 0.25) is 0 Å². The first-order valence-corrected chi connectivity index (χ1v) is 20.7. The van der Waals surface area contributed by atoms with Crippen molar-refractivity contribution in [2.75, 3.05) is 0 Å². The van der Waals surface area contributed by atoms with Crippen molar-refractivity contribution in [1.29, 1.82) is 0 Å². The molecule has 0 saturated carbocycles. The van der Waals surface area contributed by atoms with Gasteiger partial charge in [-0.15, -0.1) is 0 Å². The van der Waals surface area contributed by atoms with Crippen molar-refractivity contribution in [2.24, 2.45) is 16.2 Å². The standard InChI is InChI=1S/3C17H19.Cr/c3*1-17(2,3)16(14-10-6-4-7-11-14)15-12-8-5-9-13-15;/h3*4-13H,1-3H3;. The molecule has 0 saturated heterocycles. The molecule has 0 N–H and O–H groups in total. The first kappa shape index (κ1) is 37.6. The van der Waals surface area contributed by atoms with Crippen LogP contribution in [0, 0.1) is 16.2 Å². The Balaban J connectivity index is 2.08. The molecule has 0 spiro atoms. The molecule has 0 atom stereocenters. The van der Waals surface area contributed by atoms with E-state index in [0.717, 1.165) is 0 Å². The van der Waals surface area contributed by atoms with Crippen LogP contribution in [0.15, 0.2) is 182 Å². The fourth-order valence-corrected chi connectivity index (χ4v) is 18.0. The average Bonchev–Trinajstić information content (AvgIpc) is 3.13. The van der Waals surface area contributed by atoms with Crippen LogP contribution < -0.4 is 0 Å². The zero-order valence-electron chi connectivity index (χ0n) is 32.7. The van der Waals surface area contributed by atoms with Gasteiger partial charge in [-0.2, -0.15) is 0 Å². The van der Waals surface area contributed by atoms with Crippen molar-refractivity contribution in [1.82, 2.24) is 0 Å². The van der Waals surface area contributed by atoms with E-state index >= 15 is 0 Å². The molecule has 6 aromatic rings. The van der Waals surface area contributed by atoms with E-state index in [4.69, 9.17) is 0 Å². The summed E-state index contributed by atoms with van der Waals surface area (Å²) in [5, 5.41) is 0. The second-order valence-electron chi connectivity index (χ2n) is 17.3. The van der Waals surface area contributed by atoms with Gasteiger partial charge in [0.15, 0.2) is 0 Å². The van der Waals surface area contributed by atoms with Gasteiger partial charge in [-0.3, -0.25) is 0 Å². The number of hydrogen-bond donors (Lipinski definition) is 0. The molecule has 52 heavy (non-hydrogen) atoms. The Morgan fingerprint density at radius 3 is 0.481 bits per heavy atom. The van der Waals surface area contributed by atoms with Gasteiger partial charge in [-0.1, -0.05) is 0 Å². The Morgan fingerprint density at radius 2 is 0.365 bits per heavy atom. The summed E-state index contributed by atoms with van der Waals surface area (Å²) in [5.41, 5.74) is 7.62. The van der Waals surface area contributed by atoms with Gasteiger partial charge in [-0.05, 0) is 0 Å². The molecular weight excluding hydrogens is 665 g/mol. The van der Waals surface area contributed by atoms with Crippen LogP contribution in [0.2, 0.25) is 0 Å². The molecule has 6 rings (SSSR count). The number of rotatable bonds is 9. The fraction of sp³-hybridized carbons (Fsp3) is 0.294. The van der Waals surface area contributed by atoms with Crippen molar-refractivity contribution >= 4 is 0 Å². The van der Waals surface area contributed by atoms with Gasteiger partial charge in [0.05, 0.1) is 0 Å². The van der Waals surface area contributed by atoms with E-state index in [-0.39, 0.29) is 16.2 Å². The van der Waals surface area contributed by atoms with Crippen LogP contribution in [0.4, 0.5) is 0 Å². The molecule has 0 nitrogen and oxygen atoms in total. The second-order valence-corrected chi connectivity index (χ2v) is 21.1. The minimum absolute atomic E-state index is 0.236. The quantitative estimate of drug-likeness (QED) is 0.139. The normalized spacial score (nSPS) is 13.3. The zero-order chi connectivity index (χ0) is 37.3. The number of benzene rings is 6. The Labute approximate surface area is 319 Å². The molecule has 0 aliphatic rings. The molecule has 0 heterocycles. The molecule has 0 radical (unpaired) electrons. The zero-order valence-corrected chi connectivity index (χ0v) is 34.0. The monoisotopic (exact) mass is 721 g/mol. The molecule has 0 unspecified atom stereocenters. The van der Waals surface area contributed by atoms with Crippen LogP contribution in [0.3, 0.4) is 0 Å². The predicted octanol–water partition coefficient (Wildman–Crippen LogP) is 13.6. The van der Waals surface area contributed by atoms with Crippen LogP contribution in [0.25, 0.3) is 0 Å². The first-order chi connectivity index (χ1) is 24.7.